The van der Waals surface area contributed by atoms with E-state index < -0.39 is 7.12 Å². The third-order valence-electron chi connectivity index (χ3n) is 1.51. The van der Waals surface area contributed by atoms with Crippen LogP contribution in [0.15, 0.2) is 15.3 Å². The molecule has 0 aromatic carbocycles. The standard InChI is InChI=1S/C6H7BBrNO3/c1-3-4(7(11)12)2-5(8)6(10)9-3/h2,11-12H,1H3,(H,9,10). The van der Waals surface area contributed by atoms with Crippen LogP contribution < -0.4 is 11.0 Å². The molecule has 3 N–H and O–H groups in total. The molecular formula is C6H7BBrNO3. The maximum atomic E-state index is 10.9. The summed E-state index contributed by atoms with van der Waals surface area (Å²) in [5.74, 6) is 0. The summed E-state index contributed by atoms with van der Waals surface area (Å²) in [6.45, 7) is 1.60. The Morgan fingerprint density at radius 3 is 2.67 bits per heavy atom. The molecule has 1 heterocycles. The molecule has 0 atom stereocenters. The molecule has 0 radical (unpaired) electrons. The summed E-state index contributed by atoms with van der Waals surface area (Å²) in [4.78, 5) is 13.4. The Kier molecular flexibility index (Phi) is 2.71. The first-order valence-electron chi connectivity index (χ1n) is 3.28. The number of aromatic nitrogens is 1. The lowest BCUT2D eigenvalue weighted by molar-refractivity contribution is 0.425. The van der Waals surface area contributed by atoms with Crippen molar-refractivity contribution >= 4 is 28.5 Å². The molecule has 0 unspecified atom stereocenters. The highest BCUT2D eigenvalue weighted by Crippen LogP contribution is 1.99. The minimum Gasteiger partial charge on any atom is -0.423 e. The SMILES string of the molecule is Cc1[nH]c(=O)c(Br)cc1B(O)O. The number of hydrogen-bond acceptors (Lipinski definition) is 3. The van der Waals surface area contributed by atoms with Crippen LogP contribution in [-0.4, -0.2) is 22.2 Å². The summed E-state index contributed by atoms with van der Waals surface area (Å²) in [5, 5.41) is 17.7. The molecule has 0 bridgehead atoms. The number of pyridine rings is 1. The van der Waals surface area contributed by atoms with Gasteiger partial charge in [-0.1, -0.05) is 0 Å². The summed E-state index contributed by atoms with van der Waals surface area (Å²) in [6, 6.07) is 1.39. The summed E-state index contributed by atoms with van der Waals surface area (Å²) < 4.78 is 0.288. The van der Waals surface area contributed by atoms with Crippen molar-refractivity contribution in [3.05, 3.63) is 26.6 Å². The maximum Gasteiger partial charge on any atom is 0.490 e. The summed E-state index contributed by atoms with van der Waals surface area (Å²) in [5.41, 5.74) is 0.469. The molecule has 0 aliphatic heterocycles. The van der Waals surface area contributed by atoms with Crippen LogP contribution in [0.3, 0.4) is 0 Å². The number of aryl methyl sites for hydroxylation is 1. The summed E-state index contributed by atoms with van der Waals surface area (Å²) >= 11 is 2.98. The first-order chi connectivity index (χ1) is 5.52. The van der Waals surface area contributed by atoms with Crippen molar-refractivity contribution in [2.24, 2.45) is 0 Å². The molecule has 1 aromatic heterocycles. The van der Waals surface area contributed by atoms with Gasteiger partial charge in [-0.3, -0.25) is 4.79 Å². The van der Waals surface area contributed by atoms with Gasteiger partial charge in [-0.2, -0.15) is 0 Å². The van der Waals surface area contributed by atoms with Gasteiger partial charge in [0, 0.05) is 11.2 Å². The van der Waals surface area contributed by atoms with Crippen molar-refractivity contribution in [2.45, 2.75) is 6.92 Å². The number of halogens is 1. The molecule has 1 rings (SSSR count). The molecule has 0 spiro atoms. The topological polar surface area (TPSA) is 73.3 Å². The van der Waals surface area contributed by atoms with E-state index in [0.29, 0.717) is 11.2 Å². The Morgan fingerprint density at radius 2 is 2.17 bits per heavy atom. The van der Waals surface area contributed by atoms with Gasteiger partial charge in [0.25, 0.3) is 5.56 Å². The highest BCUT2D eigenvalue weighted by molar-refractivity contribution is 9.10. The Bertz CT molecular complexity index is 349. The highest BCUT2D eigenvalue weighted by atomic mass is 79.9. The van der Waals surface area contributed by atoms with Crippen molar-refractivity contribution in [3.8, 4) is 0 Å². The van der Waals surface area contributed by atoms with Crippen molar-refractivity contribution in [1.82, 2.24) is 4.98 Å². The van der Waals surface area contributed by atoms with Crippen molar-refractivity contribution in [1.29, 1.82) is 0 Å². The van der Waals surface area contributed by atoms with Crippen LogP contribution in [0.1, 0.15) is 5.69 Å². The average molecular weight is 232 g/mol. The van der Waals surface area contributed by atoms with E-state index in [0.717, 1.165) is 0 Å². The van der Waals surface area contributed by atoms with E-state index in [1.54, 1.807) is 6.92 Å². The fourth-order valence-corrected chi connectivity index (χ4v) is 1.23. The normalized spacial score (nSPS) is 10.0. The van der Waals surface area contributed by atoms with Crippen LogP contribution in [0.4, 0.5) is 0 Å². The number of hydrogen-bond donors (Lipinski definition) is 3. The van der Waals surface area contributed by atoms with Gasteiger partial charge in [0.2, 0.25) is 0 Å². The Hall–Kier alpha value is -0.585. The van der Waals surface area contributed by atoms with Crippen molar-refractivity contribution < 1.29 is 10.0 Å². The van der Waals surface area contributed by atoms with Crippen molar-refractivity contribution in [2.75, 3.05) is 0 Å². The van der Waals surface area contributed by atoms with E-state index >= 15 is 0 Å². The molecule has 0 fully saturated rings. The predicted octanol–water partition coefficient (Wildman–Crippen LogP) is -0.874. The van der Waals surface area contributed by atoms with E-state index in [2.05, 4.69) is 20.9 Å². The fraction of sp³-hybridized carbons (Fsp3) is 0.167. The van der Waals surface area contributed by atoms with Gasteiger partial charge in [0.05, 0.1) is 4.47 Å². The Morgan fingerprint density at radius 1 is 1.58 bits per heavy atom. The van der Waals surface area contributed by atoms with Gasteiger partial charge >= 0.3 is 7.12 Å². The Labute approximate surface area is 77.5 Å². The van der Waals surface area contributed by atoms with Crippen LogP contribution >= 0.6 is 15.9 Å². The van der Waals surface area contributed by atoms with Gasteiger partial charge in [-0.05, 0) is 28.9 Å². The van der Waals surface area contributed by atoms with E-state index in [1.807, 2.05) is 0 Å². The van der Waals surface area contributed by atoms with Crippen LogP contribution in [-0.2, 0) is 0 Å². The molecule has 64 valence electrons. The highest BCUT2D eigenvalue weighted by Gasteiger charge is 2.15. The molecule has 1 aromatic rings. The molecule has 12 heavy (non-hydrogen) atoms. The second-order valence-electron chi connectivity index (χ2n) is 2.40. The zero-order chi connectivity index (χ0) is 9.30. The lowest BCUT2D eigenvalue weighted by Crippen LogP contribution is -2.35. The summed E-state index contributed by atoms with van der Waals surface area (Å²) in [7, 11) is -1.56. The second kappa shape index (κ2) is 3.43. The average Bonchev–Trinajstić information content (AvgIpc) is 1.96. The quantitative estimate of drug-likeness (QED) is 0.550. The molecule has 0 aliphatic rings. The summed E-state index contributed by atoms with van der Waals surface area (Å²) in [6.07, 6.45) is 0. The predicted molar refractivity (Wildman–Crippen MR) is 49.3 cm³/mol. The van der Waals surface area contributed by atoms with E-state index in [-0.39, 0.29) is 10.0 Å². The third kappa shape index (κ3) is 1.77. The van der Waals surface area contributed by atoms with Gasteiger partial charge in [-0.25, -0.2) is 0 Å². The molecule has 0 amide bonds. The molecule has 0 saturated carbocycles. The second-order valence-corrected chi connectivity index (χ2v) is 3.25. The smallest absolute Gasteiger partial charge is 0.423 e. The van der Waals surface area contributed by atoms with Crippen LogP contribution in [0.2, 0.25) is 0 Å². The van der Waals surface area contributed by atoms with Gasteiger partial charge < -0.3 is 15.0 Å². The maximum absolute atomic E-state index is 10.9. The molecule has 6 heteroatoms. The molecule has 4 nitrogen and oxygen atoms in total. The molecule has 0 aliphatic carbocycles. The number of aromatic amines is 1. The largest absolute Gasteiger partial charge is 0.490 e. The lowest BCUT2D eigenvalue weighted by atomic mass is 9.79. The zero-order valence-corrected chi connectivity index (χ0v) is 7.92. The fourth-order valence-electron chi connectivity index (χ4n) is 0.881. The van der Waals surface area contributed by atoms with Gasteiger partial charge in [0.1, 0.15) is 0 Å². The van der Waals surface area contributed by atoms with Gasteiger partial charge in [-0.15, -0.1) is 0 Å². The minimum absolute atomic E-state index is 0.281. The van der Waals surface area contributed by atoms with E-state index in [1.165, 1.54) is 6.07 Å². The number of nitrogens with one attached hydrogen (secondary N) is 1. The molecule has 0 saturated heterocycles. The van der Waals surface area contributed by atoms with Crippen LogP contribution in [0, 0.1) is 6.92 Å². The monoisotopic (exact) mass is 231 g/mol. The molecular weight excluding hydrogens is 225 g/mol. The first-order valence-corrected chi connectivity index (χ1v) is 4.07. The first kappa shape index (κ1) is 9.50. The van der Waals surface area contributed by atoms with Crippen LogP contribution in [0.5, 0.6) is 0 Å². The van der Waals surface area contributed by atoms with E-state index in [4.69, 9.17) is 10.0 Å². The number of rotatable bonds is 1. The van der Waals surface area contributed by atoms with Gasteiger partial charge in [0.15, 0.2) is 0 Å². The van der Waals surface area contributed by atoms with E-state index in [9.17, 15) is 4.79 Å². The zero-order valence-electron chi connectivity index (χ0n) is 6.34. The van der Waals surface area contributed by atoms with Crippen molar-refractivity contribution in [3.63, 3.8) is 0 Å². The minimum atomic E-state index is -1.56. The number of H-pyrrole nitrogens is 1. The third-order valence-corrected chi connectivity index (χ3v) is 2.10. The lowest BCUT2D eigenvalue weighted by Gasteiger charge is -2.03. The Balaban J connectivity index is 3.33. The van der Waals surface area contributed by atoms with Crippen LogP contribution in [0.25, 0.3) is 0 Å².